The molecule has 0 aromatic heterocycles. The smallest absolute Gasteiger partial charge is 0.410 e. The Morgan fingerprint density at radius 3 is 2.57 bits per heavy atom. The maximum absolute atomic E-state index is 12.0. The van der Waals surface area contributed by atoms with Gasteiger partial charge in [-0.3, -0.25) is 4.79 Å². The molecular formula is C15H26N2O6. The summed E-state index contributed by atoms with van der Waals surface area (Å²) >= 11 is 0. The Morgan fingerprint density at radius 2 is 2.04 bits per heavy atom. The lowest BCUT2D eigenvalue weighted by atomic mass is 9.86. The van der Waals surface area contributed by atoms with E-state index in [-0.39, 0.29) is 12.5 Å². The summed E-state index contributed by atoms with van der Waals surface area (Å²) in [6.07, 6.45) is -0.567. The van der Waals surface area contributed by atoms with Crippen molar-refractivity contribution in [3.8, 4) is 0 Å². The van der Waals surface area contributed by atoms with Gasteiger partial charge in [0.05, 0.1) is 37.9 Å². The summed E-state index contributed by atoms with van der Waals surface area (Å²) in [5, 5.41) is 12.4. The van der Waals surface area contributed by atoms with Crippen molar-refractivity contribution in [1.82, 2.24) is 10.2 Å². The number of carbonyl (C=O) groups is 2. The molecule has 2 aliphatic heterocycles. The monoisotopic (exact) mass is 330 g/mol. The molecule has 2 N–H and O–H groups in total. The van der Waals surface area contributed by atoms with Gasteiger partial charge in [0.15, 0.2) is 0 Å². The lowest BCUT2D eigenvalue weighted by Gasteiger charge is -2.50. The fourth-order valence-corrected chi connectivity index (χ4v) is 2.70. The van der Waals surface area contributed by atoms with Crippen molar-refractivity contribution in [2.24, 2.45) is 0 Å². The number of ether oxygens (including phenoxy) is 3. The Kier molecular flexibility index (Phi) is 5.49. The van der Waals surface area contributed by atoms with E-state index in [0.717, 1.165) is 0 Å². The second-order valence-corrected chi connectivity index (χ2v) is 7.14. The van der Waals surface area contributed by atoms with Gasteiger partial charge in [-0.25, -0.2) is 4.79 Å². The Morgan fingerprint density at radius 1 is 1.35 bits per heavy atom. The van der Waals surface area contributed by atoms with E-state index in [1.165, 1.54) is 4.90 Å². The van der Waals surface area contributed by atoms with Gasteiger partial charge in [-0.2, -0.15) is 0 Å². The number of hydrogen-bond acceptors (Lipinski definition) is 6. The van der Waals surface area contributed by atoms with E-state index in [1.807, 2.05) is 0 Å². The van der Waals surface area contributed by atoms with Crippen molar-refractivity contribution in [3.63, 3.8) is 0 Å². The Balaban J connectivity index is 1.86. The highest BCUT2D eigenvalue weighted by Gasteiger charge is 2.48. The third-order valence-corrected chi connectivity index (χ3v) is 3.72. The molecule has 2 fully saturated rings. The number of nitrogens with one attached hydrogen (secondary N) is 1. The van der Waals surface area contributed by atoms with Gasteiger partial charge in [-0.1, -0.05) is 0 Å². The van der Waals surface area contributed by atoms with E-state index in [2.05, 4.69) is 5.32 Å². The molecule has 2 heterocycles. The number of nitrogens with zero attached hydrogens (tertiary/aromatic N) is 1. The largest absolute Gasteiger partial charge is 0.481 e. The number of amides is 1. The van der Waals surface area contributed by atoms with E-state index < -0.39 is 23.2 Å². The number of carboxylic acids is 1. The van der Waals surface area contributed by atoms with Crippen LogP contribution in [0.3, 0.4) is 0 Å². The molecule has 1 atom stereocenters. The summed E-state index contributed by atoms with van der Waals surface area (Å²) in [4.78, 5) is 24.7. The quantitative estimate of drug-likeness (QED) is 0.755. The highest BCUT2D eigenvalue weighted by atomic mass is 16.6. The molecule has 0 aromatic rings. The standard InChI is InChI=1S/C15H26N2O6/c1-14(2,3)23-13(20)17-9-15(10-17,6-12(18)19)16-7-11-8-21-4-5-22-11/h11,16H,4-10H2,1-3H3,(H,18,19). The number of rotatable bonds is 5. The molecule has 8 nitrogen and oxygen atoms in total. The molecule has 0 aromatic carbocycles. The van der Waals surface area contributed by atoms with E-state index in [0.29, 0.717) is 39.5 Å². The number of likely N-dealkylation sites (tertiary alicyclic amines) is 1. The molecular weight excluding hydrogens is 304 g/mol. The Hall–Kier alpha value is -1.38. The first-order valence-electron chi connectivity index (χ1n) is 7.83. The first-order chi connectivity index (χ1) is 10.7. The predicted molar refractivity (Wildman–Crippen MR) is 81.4 cm³/mol. The molecule has 23 heavy (non-hydrogen) atoms. The third kappa shape index (κ3) is 5.33. The number of carboxylic acid groups (broad SMARTS) is 1. The zero-order valence-corrected chi connectivity index (χ0v) is 14.0. The Bertz CT molecular complexity index is 436. The van der Waals surface area contributed by atoms with E-state index in [9.17, 15) is 9.59 Å². The van der Waals surface area contributed by atoms with Gasteiger partial charge >= 0.3 is 12.1 Å². The maximum Gasteiger partial charge on any atom is 0.410 e. The van der Waals surface area contributed by atoms with Crippen LogP contribution in [0.4, 0.5) is 4.79 Å². The average molecular weight is 330 g/mol. The minimum absolute atomic E-state index is 0.0557. The van der Waals surface area contributed by atoms with Gasteiger partial charge in [0.1, 0.15) is 5.60 Å². The van der Waals surface area contributed by atoms with Crippen LogP contribution in [-0.2, 0) is 19.0 Å². The normalized spacial score (nSPS) is 24.0. The van der Waals surface area contributed by atoms with Crippen molar-refractivity contribution in [1.29, 1.82) is 0 Å². The molecule has 2 saturated heterocycles. The predicted octanol–water partition coefficient (Wildman–Crippen LogP) is 0.456. The number of aliphatic carboxylic acids is 1. The van der Waals surface area contributed by atoms with Crippen LogP contribution in [0.25, 0.3) is 0 Å². The first-order valence-corrected chi connectivity index (χ1v) is 7.83. The molecule has 0 saturated carbocycles. The molecule has 0 spiro atoms. The lowest BCUT2D eigenvalue weighted by Crippen LogP contribution is -2.72. The van der Waals surface area contributed by atoms with Crippen LogP contribution in [0.2, 0.25) is 0 Å². The van der Waals surface area contributed by atoms with Crippen LogP contribution < -0.4 is 5.32 Å². The summed E-state index contributed by atoms with van der Waals surface area (Å²) in [7, 11) is 0. The van der Waals surface area contributed by atoms with Crippen LogP contribution in [-0.4, -0.2) is 78.8 Å². The fraction of sp³-hybridized carbons (Fsp3) is 0.867. The van der Waals surface area contributed by atoms with Crippen LogP contribution in [0.1, 0.15) is 27.2 Å². The Labute approximate surface area is 136 Å². The van der Waals surface area contributed by atoms with Crippen LogP contribution in [0.15, 0.2) is 0 Å². The molecule has 8 heteroatoms. The molecule has 0 aliphatic carbocycles. The summed E-state index contributed by atoms with van der Waals surface area (Å²) in [6.45, 7) is 8.13. The van der Waals surface area contributed by atoms with Gasteiger partial charge in [-0.05, 0) is 20.8 Å². The van der Waals surface area contributed by atoms with Gasteiger partial charge in [0.25, 0.3) is 0 Å². The summed E-state index contributed by atoms with van der Waals surface area (Å²) in [5.41, 5.74) is -1.20. The van der Waals surface area contributed by atoms with Crippen molar-refractivity contribution in [3.05, 3.63) is 0 Å². The van der Waals surface area contributed by atoms with Crippen LogP contribution >= 0.6 is 0 Å². The molecule has 132 valence electrons. The topological polar surface area (TPSA) is 97.3 Å². The maximum atomic E-state index is 12.0. The zero-order chi connectivity index (χ0) is 17.1. The summed E-state index contributed by atoms with van der Waals surface area (Å²) in [5.74, 6) is -0.901. The molecule has 0 bridgehead atoms. The van der Waals surface area contributed by atoms with Crippen LogP contribution in [0, 0.1) is 0 Å². The van der Waals surface area contributed by atoms with Crippen molar-refractivity contribution < 1.29 is 28.9 Å². The third-order valence-electron chi connectivity index (χ3n) is 3.72. The number of carbonyl (C=O) groups excluding carboxylic acids is 1. The van der Waals surface area contributed by atoms with Crippen LogP contribution in [0.5, 0.6) is 0 Å². The molecule has 1 unspecified atom stereocenters. The molecule has 1 amide bonds. The van der Waals surface area contributed by atoms with Gasteiger partial charge < -0.3 is 29.5 Å². The fourth-order valence-electron chi connectivity index (χ4n) is 2.70. The molecule has 2 aliphatic rings. The summed E-state index contributed by atoms with van der Waals surface area (Å²) in [6, 6.07) is 0. The lowest BCUT2D eigenvalue weighted by molar-refractivity contribution is -0.141. The summed E-state index contributed by atoms with van der Waals surface area (Å²) < 4.78 is 16.2. The van der Waals surface area contributed by atoms with Gasteiger partial charge in [0, 0.05) is 19.6 Å². The van der Waals surface area contributed by atoms with Gasteiger partial charge in [-0.15, -0.1) is 0 Å². The van der Waals surface area contributed by atoms with Gasteiger partial charge in [0.2, 0.25) is 0 Å². The average Bonchev–Trinajstić information content (AvgIpc) is 2.39. The first kappa shape index (κ1) is 18.0. The molecule has 0 radical (unpaired) electrons. The van der Waals surface area contributed by atoms with E-state index in [4.69, 9.17) is 19.3 Å². The minimum atomic E-state index is -0.901. The van der Waals surface area contributed by atoms with E-state index in [1.54, 1.807) is 20.8 Å². The van der Waals surface area contributed by atoms with E-state index >= 15 is 0 Å². The van der Waals surface area contributed by atoms with Crippen molar-refractivity contribution in [2.75, 3.05) is 39.5 Å². The second-order valence-electron chi connectivity index (χ2n) is 7.14. The highest BCUT2D eigenvalue weighted by molar-refractivity contribution is 5.73. The molecule has 2 rings (SSSR count). The highest BCUT2D eigenvalue weighted by Crippen LogP contribution is 2.27. The zero-order valence-electron chi connectivity index (χ0n) is 14.0. The SMILES string of the molecule is CC(C)(C)OC(=O)N1CC(CC(=O)O)(NCC2COCCO2)C1. The minimum Gasteiger partial charge on any atom is -0.481 e. The second kappa shape index (κ2) is 7.02. The number of hydrogen-bond donors (Lipinski definition) is 2. The van der Waals surface area contributed by atoms with Crippen molar-refractivity contribution in [2.45, 2.75) is 44.4 Å². The van der Waals surface area contributed by atoms with Crippen molar-refractivity contribution >= 4 is 12.1 Å².